The van der Waals surface area contributed by atoms with Crippen molar-refractivity contribution in [2.24, 2.45) is 0 Å². The molecule has 0 spiro atoms. The van der Waals surface area contributed by atoms with E-state index in [-0.39, 0.29) is 26.4 Å². The van der Waals surface area contributed by atoms with E-state index in [1.54, 1.807) is 18.6 Å². The lowest BCUT2D eigenvalue weighted by atomic mass is 10.5. The van der Waals surface area contributed by atoms with Gasteiger partial charge in [0.05, 0.1) is 25.9 Å². The number of aliphatic hydroxyl groups excluding tert-OH is 1. The molecule has 0 aliphatic heterocycles. The molecule has 1 amide bonds. The van der Waals surface area contributed by atoms with Crippen LogP contribution in [0.2, 0.25) is 0 Å². The summed E-state index contributed by atoms with van der Waals surface area (Å²) in [7, 11) is -3.93. The largest absolute Gasteiger partial charge is 0.446 e. The van der Waals surface area contributed by atoms with Crippen molar-refractivity contribution in [1.29, 1.82) is 0 Å². The summed E-state index contributed by atoms with van der Waals surface area (Å²) in [6.45, 7) is 3.28. The molecular weight excluding hydrogens is 252 g/mol. The van der Waals surface area contributed by atoms with E-state index in [4.69, 9.17) is 9.84 Å². The second-order valence-electron chi connectivity index (χ2n) is 3.29. The van der Waals surface area contributed by atoms with E-state index in [0.717, 1.165) is 0 Å². The summed E-state index contributed by atoms with van der Waals surface area (Å²) >= 11 is 0. The van der Waals surface area contributed by atoms with E-state index in [2.05, 4.69) is 9.46 Å². The van der Waals surface area contributed by atoms with Gasteiger partial charge in [-0.25, -0.2) is 9.52 Å². The Labute approximate surface area is 100 Å². The number of amides is 1. The van der Waals surface area contributed by atoms with Crippen LogP contribution < -0.4 is 9.44 Å². The molecule has 0 aromatic carbocycles. The van der Waals surface area contributed by atoms with Gasteiger partial charge in [0, 0.05) is 6.54 Å². The Morgan fingerprint density at radius 3 is 2.53 bits per heavy atom. The molecule has 0 heterocycles. The van der Waals surface area contributed by atoms with Crippen molar-refractivity contribution < 1.29 is 27.8 Å². The molecule has 0 aliphatic rings. The van der Waals surface area contributed by atoms with E-state index in [9.17, 15) is 13.2 Å². The zero-order valence-electron chi connectivity index (χ0n) is 9.80. The average Bonchev–Trinajstić information content (AvgIpc) is 2.14. The highest BCUT2D eigenvalue weighted by atomic mass is 32.2. The van der Waals surface area contributed by atoms with Crippen molar-refractivity contribution in [3.05, 3.63) is 0 Å². The first-order valence-electron chi connectivity index (χ1n) is 5.04. The Bertz CT molecular complexity index is 316. The summed E-state index contributed by atoms with van der Waals surface area (Å²) < 4.78 is 35.6. The number of nitrogens with one attached hydrogen (secondary N) is 2. The first-order chi connectivity index (χ1) is 7.87. The molecule has 0 radical (unpaired) electrons. The number of ether oxygens (including phenoxy) is 2. The monoisotopic (exact) mass is 270 g/mol. The van der Waals surface area contributed by atoms with Crippen LogP contribution in [0, 0.1) is 0 Å². The van der Waals surface area contributed by atoms with Crippen molar-refractivity contribution in [3.8, 4) is 0 Å². The molecule has 17 heavy (non-hydrogen) atoms. The molecule has 9 heteroatoms. The van der Waals surface area contributed by atoms with Gasteiger partial charge in [-0.2, -0.15) is 13.1 Å². The highest BCUT2D eigenvalue weighted by Crippen LogP contribution is 1.89. The smallest absolute Gasteiger partial charge is 0.422 e. The summed E-state index contributed by atoms with van der Waals surface area (Å²) in [5.74, 6) is 0. The van der Waals surface area contributed by atoms with Crippen LogP contribution in [0.25, 0.3) is 0 Å². The summed E-state index contributed by atoms with van der Waals surface area (Å²) in [4.78, 5) is 11.0. The molecule has 0 bridgehead atoms. The van der Waals surface area contributed by atoms with Crippen LogP contribution in [0.3, 0.4) is 0 Å². The van der Waals surface area contributed by atoms with Gasteiger partial charge in [-0.1, -0.05) is 0 Å². The summed E-state index contributed by atoms with van der Waals surface area (Å²) in [5, 5.41) is 8.39. The standard InChI is InChI=1S/C8H18N2O6S/c1-7(2)16-8(12)10-17(13,14)9-3-5-15-6-4-11/h7,9,11H,3-6H2,1-2H3,(H,10,12). The van der Waals surface area contributed by atoms with E-state index in [0.29, 0.717) is 0 Å². The average molecular weight is 270 g/mol. The van der Waals surface area contributed by atoms with Crippen LogP contribution in [0.4, 0.5) is 4.79 Å². The minimum atomic E-state index is -3.93. The van der Waals surface area contributed by atoms with Crippen molar-refractivity contribution in [3.63, 3.8) is 0 Å². The molecule has 0 saturated carbocycles. The van der Waals surface area contributed by atoms with Gasteiger partial charge in [-0.05, 0) is 13.8 Å². The third kappa shape index (κ3) is 10.00. The SMILES string of the molecule is CC(C)OC(=O)NS(=O)(=O)NCCOCCO. The fraction of sp³-hybridized carbons (Fsp3) is 0.875. The van der Waals surface area contributed by atoms with Gasteiger partial charge in [0.1, 0.15) is 0 Å². The summed E-state index contributed by atoms with van der Waals surface area (Å²) in [5.41, 5.74) is 0. The van der Waals surface area contributed by atoms with Crippen molar-refractivity contribution in [2.75, 3.05) is 26.4 Å². The number of hydrogen-bond donors (Lipinski definition) is 3. The van der Waals surface area contributed by atoms with Gasteiger partial charge < -0.3 is 14.6 Å². The first kappa shape index (κ1) is 16.1. The lowest BCUT2D eigenvalue weighted by Crippen LogP contribution is -2.42. The Hall–Kier alpha value is -0.900. The third-order valence-corrected chi connectivity index (χ3v) is 2.35. The Balaban J connectivity index is 3.84. The predicted octanol–water partition coefficient (Wildman–Crippen LogP) is -1.04. The molecule has 0 atom stereocenters. The first-order valence-corrected chi connectivity index (χ1v) is 6.52. The second kappa shape index (κ2) is 8.23. The zero-order valence-corrected chi connectivity index (χ0v) is 10.6. The molecule has 0 aliphatic carbocycles. The molecule has 0 saturated heterocycles. The van der Waals surface area contributed by atoms with Crippen LogP contribution in [0.1, 0.15) is 13.8 Å². The van der Waals surface area contributed by atoms with Crippen molar-refractivity contribution >= 4 is 16.3 Å². The quantitative estimate of drug-likeness (QED) is 0.486. The van der Waals surface area contributed by atoms with E-state index < -0.39 is 22.4 Å². The molecule has 0 aromatic rings. The van der Waals surface area contributed by atoms with Crippen LogP contribution in [0.5, 0.6) is 0 Å². The number of rotatable bonds is 8. The topological polar surface area (TPSA) is 114 Å². The minimum absolute atomic E-state index is 0.00963. The van der Waals surface area contributed by atoms with Gasteiger partial charge in [-0.15, -0.1) is 0 Å². The van der Waals surface area contributed by atoms with E-state index in [1.165, 1.54) is 0 Å². The maximum atomic E-state index is 11.2. The van der Waals surface area contributed by atoms with Gasteiger partial charge in [0.25, 0.3) is 0 Å². The van der Waals surface area contributed by atoms with Crippen LogP contribution >= 0.6 is 0 Å². The van der Waals surface area contributed by atoms with Crippen LogP contribution in [-0.2, 0) is 19.7 Å². The Morgan fingerprint density at radius 2 is 2.00 bits per heavy atom. The fourth-order valence-corrected chi connectivity index (χ4v) is 1.49. The van der Waals surface area contributed by atoms with Gasteiger partial charge in [-0.3, -0.25) is 0 Å². The maximum absolute atomic E-state index is 11.2. The fourth-order valence-electron chi connectivity index (χ4n) is 0.799. The second-order valence-corrected chi connectivity index (χ2v) is 4.79. The van der Waals surface area contributed by atoms with E-state index >= 15 is 0 Å². The van der Waals surface area contributed by atoms with Gasteiger partial charge in [0.15, 0.2) is 0 Å². The molecule has 0 rings (SSSR count). The van der Waals surface area contributed by atoms with Gasteiger partial charge >= 0.3 is 16.3 Å². The third-order valence-electron chi connectivity index (χ3n) is 1.33. The molecule has 0 unspecified atom stereocenters. The van der Waals surface area contributed by atoms with Gasteiger partial charge in [0.2, 0.25) is 0 Å². The number of aliphatic hydroxyl groups is 1. The zero-order chi connectivity index (χ0) is 13.3. The van der Waals surface area contributed by atoms with Crippen LogP contribution in [-0.4, -0.2) is 52.1 Å². The summed E-state index contributed by atoms with van der Waals surface area (Å²) in [6.07, 6.45) is -1.44. The Kier molecular flexibility index (Phi) is 7.79. The number of carbonyl (C=O) groups is 1. The normalized spacial score (nSPS) is 11.5. The minimum Gasteiger partial charge on any atom is -0.446 e. The number of hydrogen-bond acceptors (Lipinski definition) is 6. The van der Waals surface area contributed by atoms with Crippen molar-refractivity contribution in [2.45, 2.75) is 20.0 Å². The lowest BCUT2D eigenvalue weighted by molar-refractivity contribution is 0.0960. The molecule has 0 fully saturated rings. The molecule has 8 nitrogen and oxygen atoms in total. The van der Waals surface area contributed by atoms with Crippen molar-refractivity contribution in [1.82, 2.24) is 9.44 Å². The lowest BCUT2D eigenvalue weighted by Gasteiger charge is -2.10. The number of carbonyl (C=O) groups excluding carboxylic acids is 1. The van der Waals surface area contributed by atoms with E-state index in [1.807, 2.05) is 0 Å². The highest BCUT2D eigenvalue weighted by Gasteiger charge is 2.15. The highest BCUT2D eigenvalue weighted by molar-refractivity contribution is 7.88. The van der Waals surface area contributed by atoms with Crippen LogP contribution in [0.15, 0.2) is 0 Å². The summed E-state index contributed by atoms with van der Waals surface area (Å²) in [6, 6.07) is 0. The molecular formula is C8H18N2O6S. The maximum Gasteiger partial charge on any atom is 0.422 e. The molecule has 3 N–H and O–H groups in total. The Morgan fingerprint density at radius 1 is 1.35 bits per heavy atom. The predicted molar refractivity (Wildman–Crippen MR) is 59.6 cm³/mol. The molecule has 0 aromatic heterocycles. The molecule has 102 valence electrons.